The Labute approximate surface area is 177 Å². The molecule has 2 aromatic rings. The van der Waals surface area contributed by atoms with Gasteiger partial charge in [0.15, 0.2) is 0 Å². The van der Waals surface area contributed by atoms with Crippen LogP contribution in [0.15, 0.2) is 42.5 Å². The number of benzene rings is 2. The predicted octanol–water partition coefficient (Wildman–Crippen LogP) is 5.48. The molecular formula is C22H28Cl2NOSiTi. The average molecular weight is 469 g/mol. The van der Waals surface area contributed by atoms with Gasteiger partial charge in [-0.25, -0.2) is 0 Å². The van der Waals surface area contributed by atoms with Crippen molar-refractivity contribution in [1.82, 2.24) is 3.80 Å². The first-order valence-corrected chi connectivity index (χ1v) is 21.9. The normalized spacial score (nSPS) is 18.2. The van der Waals surface area contributed by atoms with Crippen molar-refractivity contribution in [2.75, 3.05) is 0 Å². The summed E-state index contributed by atoms with van der Waals surface area (Å²) < 4.78 is 4.41. The van der Waals surface area contributed by atoms with Crippen LogP contribution in [0, 0.1) is 5.92 Å². The number of amides is 1. The Bertz CT molecular complexity index is 925. The fourth-order valence-corrected chi connectivity index (χ4v) is 17.0. The quantitative estimate of drug-likeness (QED) is 0.505. The maximum absolute atomic E-state index is 13.2. The van der Waals surface area contributed by atoms with E-state index in [1.54, 1.807) is 0 Å². The van der Waals surface area contributed by atoms with Crippen LogP contribution in [-0.2, 0) is 23.9 Å². The summed E-state index contributed by atoms with van der Waals surface area (Å²) in [5.74, 6) is 0.159. The molecular weight excluding hydrogens is 441 g/mol. The molecule has 0 atom stereocenters. The summed E-state index contributed by atoms with van der Waals surface area (Å²) in [5.41, 5.74) is 5.05. The van der Waals surface area contributed by atoms with E-state index in [-0.39, 0.29) is 11.8 Å². The van der Waals surface area contributed by atoms with Gasteiger partial charge in [0.05, 0.1) is 0 Å². The third-order valence-corrected chi connectivity index (χ3v) is 36.7. The third kappa shape index (κ3) is 3.44. The molecule has 2 nitrogen and oxygen atoms in total. The monoisotopic (exact) mass is 468 g/mol. The van der Waals surface area contributed by atoms with E-state index in [4.69, 9.17) is 18.6 Å². The summed E-state index contributed by atoms with van der Waals surface area (Å²) in [5, 5.41) is 0. The van der Waals surface area contributed by atoms with Crippen LogP contribution in [0.3, 0.4) is 0 Å². The van der Waals surface area contributed by atoms with Crippen molar-refractivity contribution in [3.63, 3.8) is 0 Å². The Kier molecular flexibility index (Phi) is 5.61. The van der Waals surface area contributed by atoms with Gasteiger partial charge in [0.2, 0.25) is 0 Å². The molecule has 1 amide bonds. The van der Waals surface area contributed by atoms with Crippen LogP contribution in [0.5, 0.6) is 0 Å². The van der Waals surface area contributed by atoms with Gasteiger partial charge in [-0.05, 0) is 0 Å². The second-order valence-electron chi connectivity index (χ2n) is 8.73. The van der Waals surface area contributed by atoms with E-state index >= 15 is 0 Å². The molecule has 149 valence electrons. The molecule has 2 aliphatic rings. The second-order valence-corrected chi connectivity index (χ2v) is 36.1. The first-order valence-electron chi connectivity index (χ1n) is 10.4. The zero-order chi connectivity index (χ0) is 20.0. The van der Waals surface area contributed by atoms with Crippen LogP contribution in [0.4, 0.5) is 0 Å². The van der Waals surface area contributed by atoms with Gasteiger partial charge in [0.25, 0.3) is 0 Å². The van der Waals surface area contributed by atoms with Crippen LogP contribution >= 0.6 is 18.6 Å². The van der Waals surface area contributed by atoms with Gasteiger partial charge >= 0.3 is 179 Å². The molecule has 2 aliphatic carbocycles. The Morgan fingerprint density at radius 3 is 2.39 bits per heavy atom. The minimum atomic E-state index is -4.42. The average Bonchev–Trinajstić information content (AvgIpc) is 3.07. The fourth-order valence-electron chi connectivity index (χ4n) is 4.80. The molecule has 1 fully saturated rings. The molecule has 2 aromatic carbocycles. The standard InChI is InChI=1S/C13H9.C7H13NO.C2H7Si.2ClH.Ti/c1-3-7-12-10(5-1)9-11-6-2-4-8-13(11)12;8-7(9)6-4-2-1-3-5-6;1-3-2;;;/h1-5,7-8H,9H2;6H,1-5H2,(H2,8,9);3H,1-2H3;2*1H;/q;;;;;+3/p-3. The molecule has 1 N–H and O–H groups in total. The molecule has 0 aromatic heterocycles. The molecule has 4 rings (SSSR count). The number of hydrogen-bond donors (Lipinski definition) is 1. The molecule has 0 saturated heterocycles. The summed E-state index contributed by atoms with van der Waals surface area (Å²) in [6, 6.07) is 14.8. The van der Waals surface area contributed by atoms with Crippen LogP contribution < -0.4 is 7.67 Å². The van der Waals surface area contributed by atoms with Crippen LogP contribution in [0.2, 0.25) is 13.1 Å². The first-order chi connectivity index (χ1) is 13.3. The van der Waals surface area contributed by atoms with E-state index in [1.807, 2.05) is 0 Å². The summed E-state index contributed by atoms with van der Waals surface area (Å²) in [6.07, 6.45) is 6.24. The number of nitrogens with one attached hydrogen (secondary N) is 1. The summed E-state index contributed by atoms with van der Waals surface area (Å²) in [4.78, 5) is 13.2. The molecule has 0 radical (unpaired) electrons. The summed E-state index contributed by atoms with van der Waals surface area (Å²) >= 11 is -4.42. The van der Waals surface area contributed by atoms with E-state index in [0.29, 0.717) is 0 Å². The van der Waals surface area contributed by atoms with Crippen molar-refractivity contribution in [3.8, 4) is 11.1 Å². The van der Waals surface area contributed by atoms with Crippen molar-refractivity contribution in [2.24, 2.45) is 5.92 Å². The summed E-state index contributed by atoms with van der Waals surface area (Å²) in [7, 11) is 15.0. The molecule has 0 heterocycles. The van der Waals surface area contributed by atoms with Crippen LogP contribution in [-0.4, -0.2) is 12.6 Å². The van der Waals surface area contributed by atoms with Gasteiger partial charge in [0, 0.05) is 0 Å². The SMILES string of the molecule is C[SiH](C)[Ti]([Cl])([Cl])([NH]C(=O)C1CCCCC1)[c]1cccc2c1Cc1ccccc1-2. The third-order valence-electron chi connectivity index (χ3n) is 6.69. The van der Waals surface area contributed by atoms with Crippen molar-refractivity contribution < 1.29 is 17.5 Å². The van der Waals surface area contributed by atoms with E-state index < -0.39 is 19.4 Å². The minimum absolute atomic E-state index is 0.0657. The maximum atomic E-state index is 13.2. The number of carbonyl (C=O) groups excluding carboxylic acids is 1. The van der Waals surface area contributed by atoms with Crippen molar-refractivity contribution in [2.45, 2.75) is 51.6 Å². The number of halogens is 2. The van der Waals surface area contributed by atoms with Crippen molar-refractivity contribution in [1.29, 1.82) is 0 Å². The zero-order valence-corrected chi connectivity index (χ0v) is 20.8. The van der Waals surface area contributed by atoms with Gasteiger partial charge < -0.3 is 0 Å². The molecule has 0 spiro atoms. The summed E-state index contributed by atoms with van der Waals surface area (Å²) in [6.45, 7) is 2.79. The fraction of sp³-hybridized carbons (Fsp3) is 0.409. The van der Waals surface area contributed by atoms with Crippen molar-refractivity contribution in [3.05, 3.63) is 53.6 Å². The Balaban J connectivity index is 1.77. The molecule has 6 heteroatoms. The number of hydrogen-bond acceptors (Lipinski definition) is 1. The number of rotatable bonds is 4. The predicted molar refractivity (Wildman–Crippen MR) is 120 cm³/mol. The van der Waals surface area contributed by atoms with Gasteiger partial charge in [0.1, 0.15) is 0 Å². The van der Waals surface area contributed by atoms with Crippen LogP contribution in [0.1, 0.15) is 43.2 Å². The van der Waals surface area contributed by atoms with Gasteiger partial charge in [-0.3, -0.25) is 0 Å². The topological polar surface area (TPSA) is 29.1 Å². The molecule has 0 bridgehead atoms. The van der Waals surface area contributed by atoms with E-state index in [9.17, 15) is 4.79 Å². The van der Waals surface area contributed by atoms with Crippen molar-refractivity contribution >= 4 is 35.0 Å². The molecule has 0 unspecified atom stereocenters. The Morgan fingerprint density at radius 1 is 1.00 bits per heavy atom. The zero-order valence-electron chi connectivity index (χ0n) is 16.6. The van der Waals surface area contributed by atoms with E-state index in [1.165, 1.54) is 28.7 Å². The molecule has 28 heavy (non-hydrogen) atoms. The van der Waals surface area contributed by atoms with E-state index in [0.717, 1.165) is 36.0 Å². The second kappa shape index (κ2) is 7.59. The van der Waals surface area contributed by atoms with Gasteiger partial charge in [-0.15, -0.1) is 0 Å². The Hall–Kier alpha value is -0.579. The number of carbonyl (C=O) groups is 1. The first kappa shape index (κ1) is 20.7. The molecule has 1 saturated carbocycles. The van der Waals surface area contributed by atoms with E-state index in [2.05, 4.69) is 59.4 Å². The van der Waals surface area contributed by atoms with Crippen LogP contribution in [0.25, 0.3) is 11.1 Å². The Morgan fingerprint density at radius 2 is 1.68 bits per heavy atom. The number of fused-ring (bicyclic) bond motifs is 3. The van der Waals surface area contributed by atoms with Gasteiger partial charge in [-0.1, -0.05) is 0 Å². The van der Waals surface area contributed by atoms with Gasteiger partial charge in [-0.2, -0.15) is 0 Å². The molecule has 0 aliphatic heterocycles.